The zero-order valence-corrected chi connectivity index (χ0v) is 11.3. The molecule has 1 heterocycles. The number of fused-ring (bicyclic) bond motifs is 1. The third kappa shape index (κ3) is 2.30. The average Bonchev–Trinajstić information content (AvgIpc) is 2.96. The van der Waals surface area contributed by atoms with E-state index in [0.717, 1.165) is 16.5 Å². The third-order valence-electron chi connectivity index (χ3n) is 3.48. The summed E-state index contributed by atoms with van der Waals surface area (Å²) in [5, 5.41) is 4.08. The first-order chi connectivity index (χ1) is 9.75. The van der Waals surface area contributed by atoms with Gasteiger partial charge in [0.1, 0.15) is 0 Å². The quantitative estimate of drug-likeness (QED) is 0.745. The van der Waals surface area contributed by atoms with Gasteiger partial charge in [0.25, 0.3) is 5.91 Å². The number of benzene rings is 2. The zero-order chi connectivity index (χ0) is 13.9. The number of carbonyl (C=O) groups excluding carboxylic acids is 1. The van der Waals surface area contributed by atoms with Crippen molar-refractivity contribution in [1.29, 1.82) is 0 Å². The van der Waals surface area contributed by atoms with Gasteiger partial charge in [0.15, 0.2) is 0 Å². The number of amides is 1. The molecule has 0 radical (unpaired) electrons. The second-order valence-electron chi connectivity index (χ2n) is 4.85. The Morgan fingerprint density at radius 1 is 1.05 bits per heavy atom. The topological polar surface area (TPSA) is 44.9 Å². The van der Waals surface area contributed by atoms with Crippen LogP contribution in [0.2, 0.25) is 0 Å². The summed E-state index contributed by atoms with van der Waals surface area (Å²) in [7, 11) is 0. The Labute approximate surface area is 117 Å². The lowest BCUT2D eigenvalue weighted by Crippen LogP contribution is -2.26. The Morgan fingerprint density at radius 2 is 1.85 bits per heavy atom. The van der Waals surface area contributed by atoms with Crippen LogP contribution in [-0.4, -0.2) is 10.9 Å². The van der Waals surface area contributed by atoms with Crippen LogP contribution in [0.15, 0.2) is 60.8 Å². The number of hydrogen-bond acceptors (Lipinski definition) is 1. The standard InChI is InChI=1S/C17H16N2O/c1-12(13-6-3-2-4-7-13)19-17(20)15-9-5-8-14-10-11-18-16(14)15/h2-12,18H,1H3,(H,19,20)/t12-/m0/s1. The summed E-state index contributed by atoms with van der Waals surface area (Å²) in [6.07, 6.45) is 1.85. The molecular formula is C17H16N2O. The van der Waals surface area contributed by atoms with Gasteiger partial charge in [-0.15, -0.1) is 0 Å². The monoisotopic (exact) mass is 264 g/mol. The number of carbonyl (C=O) groups is 1. The Hall–Kier alpha value is -2.55. The molecule has 2 N–H and O–H groups in total. The van der Waals surface area contributed by atoms with Gasteiger partial charge in [0.05, 0.1) is 17.1 Å². The Morgan fingerprint density at radius 3 is 2.65 bits per heavy atom. The molecule has 0 saturated carbocycles. The van der Waals surface area contributed by atoms with Gasteiger partial charge >= 0.3 is 0 Å². The number of para-hydroxylation sites is 1. The van der Waals surface area contributed by atoms with Crippen molar-refractivity contribution in [2.45, 2.75) is 13.0 Å². The number of H-pyrrole nitrogens is 1. The number of aromatic amines is 1. The first-order valence-corrected chi connectivity index (χ1v) is 6.67. The SMILES string of the molecule is C[C@H](NC(=O)c1cccc2cc[nH]c12)c1ccccc1. The van der Waals surface area contributed by atoms with E-state index in [1.807, 2.05) is 67.7 Å². The maximum atomic E-state index is 12.4. The highest BCUT2D eigenvalue weighted by Crippen LogP contribution is 2.18. The summed E-state index contributed by atoms with van der Waals surface area (Å²) in [4.78, 5) is 15.5. The molecule has 0 aliphatic carbocycles. The van der Waals surface area contributed by atoms with Gasteiger partial charge < -0.3 is 10.3 Å². The molecule has 0 aliphatic heterocycles. The van der Waals surface area contributed by atoms with Crippen molar-refractivity contribution in [2.75, 3.05) is 0 Å². The minimum atomic E-state index is -0.0607. The number of rotatable bonds is 3. The van der Waals surface area contributed by atoms with E-state index in [9.17, 15) is 4.79 Å². The molecule has 100 valence electrons. The molecule has 0 bridgehead atoms. The van der Waals surface area contributed by atoms with Crippen LogP contribution in [0.25, 0.3) is 10.9 Å². The summed E-state index contributed by atoms with van der Waals surface area (Å²) in [6.45, 7) is 1.99. The number of aromatic nitrogens is 1. The normalized spacial score (nSPS) is 12.2. The maximum Gasteiger partial charge on any atom is 0.253 e. The van der Waals surface area contributed by atoms with Crippen LogP contribution in [0, 0.1) is 0 Å². The van der Waals surface area contributed by atoms with Crippen molar-refractivity contribution < 1.29 is 4.79 Å². The lowest BCUT2D eigenvalue weighted by atomic mass is 10.1. The first-order valence-electron chi connectivity index (χ1n) is 6.67. The van der Waals surface area contributed by atoms with Crippen molar-refractivity contribution >= 4 is 16.8 Å². The van der Waals surface area contributed by atoms with Crippen LogP contribution in [0.4, 0.5) is 0 Å². The van der Waals surface area contributed by atoms with E-state index in [0.29, 0.717) is 5.56 Å². The summed E-state index contributed by atoms with van der Waals surface area (Å²) < 4.78 is 0. The molecule has 0 aliphatic rings. The van der Waals surface area contributed by atoms with Gasteiger partial charge in [0, 0.05) is 11.6 Å². The summed E-state index contributed by atoms with van der Waals surface area (Å²) >= 11 is 0. The molecule has 1 atom stereocenters. The number of nitrogens with one attached hydrogen (secondary N) is 2. The maximum absolute atomic E-state index is 12.4. The minimum Gasteiger partial charge on any atom is -0.361 e. The van der Waals surface area contributed by atoms with Crippen LogP contribution in [0.1, 0.15) is 28.9 Å². The van der Waals surface area contributed by atoms with E-state index in [1.54, 1.807) is 0 Å². The Bertz CT molecular complexity index is 731. The predicted octanol–water partition coefficient (Wildman–Crippen LogP) is 3.66. The first kappa shape index (κ1) is 12.5. The average molecular weight is 264 g/mol. The van der Waals surface area contributed by atoms with Crippen LogP contribution in [-0.2, 0) is 0 Å². The zero-order valence-electron chi connectivity index (χ0n) is 11.3. The second kappa shape index (κ2) is 5.21. The van der Waals surface area contributed by atoms with E-state index in [4.69, 9.17) is 0 Å². The second-order valence-corrected chi connectivity index (χ2v) is 4.85. The Kier molecular flexibility index (Phi) is 3.25. The highest BCUT2D eigenvalue weighted by molar-refractivity contribution is 6.05. The molecule has 0 unspecified atom stereocenters. The third-order valence-corrected chi connectivity index (χ3v) is 3.48. The van der Waals surface area contributed by atoms with Crippen LogP contribution in [0.3, 0.4) is 0 Å². The van der Waals surface area contributed by atoms with E-state index >= 15 is 0 Å². The fourth-order valence-electron chi connectivity index (χ4n) is 2.37. The van der Waals surface area contributed by atoms with E-state index in [-0.39, 0.29) is 11.9 Å². The van der Waals surface area contributed by atoms with Crippen molar-refractivity contribution in [3.8, 4) is 0 Å². The highest BCUT2D eigenvalue weighted by atomic mass is 16.1. The summed E-state index contributed by atoms with van der Waals surface area (Å²) in [6, 6.07) is 17.6. The highest BCUT2D eigenvalue weighted by Gasteiger charge is 2.14. The fraction of sp³-hybridized carbons (Fsp3) is 0.118. The molecule has 20 heavy (non-hydrogen) atoms. The summed E-state index contributed by atoms with van der Waals surface area (Å²) in [5.74, 6) is -0.0607. The molecule has 2 aromatic carbocycles. The Balaban J connectivity index is 1.85. The van der Waals surface area contributed by atoms with Crippen molar-refractivity contribution in [3.63, 3.8) is 0 Å². The van der Waals surface area contributed by atoms with Gasteiger partial charge in [-0.05, 0) is 24.6 Å². The minimum absolute atomic E-state index is 0.0195. The largest absolute Gasteiger partial charge is 0.361 e. The molecule has 1 amide bonds. The molecule has 3 heteroatoms. The van der Waals surface area contributed by atoms with Crippen LogP contribution >= 0.6 is 0 Å². The van der Waals surface area contributed by atoms with Gasteiger partial charge in [-0.25, -0.2) is 0 Å². The van der Waals surface area contributed by atoms with Gasteiger partial charge in [-0.1, -0.05) is 42.5 Å². The van der Waals surface area contributed by atoms with Crippen molar-refractivity contribution in [1.82, 2.24) is 10.3 Å². The molecule has 0 saturated heterocycles. The molecule has 0 spiro atoms. The van der Waals surface area contributed by atoms with E-state index in [1.165, 1.54) is 0 Å². The lowest BCUT2D eigenvalue weighted by Gasteiger charge is -2.14. The molecule has 3 aromatic rings. The molecular weight excluding hydrogens is 248 g/mol. The molecule has 3 nitrogen and oxygen atoms in total. The van der Waals surface area contributed by atoms with Crippen LogP contribution < -0.4 is 5.32 Å². The van der Waals surface area contributed by atoms with Gasteiger partial charge in [-0.2, -0.15) is 0 Å². The lowest BCUT2D eigenvalue weighted by molar-refractivity contribution is 0.0941. The number of hydrogen-bond donors (Lipinski definition) is 2. The van der Waals surface area contributed by atoms with E-state index in [2.05, 4.69) is 10.3 Å². The molecule has 1 aromatic heterocycles. The van der Waals surface area contributed by atoms with Gasteiger partial charge in [0.2, 0.25) is 0 Å². The summed E-state index contributed by atoms with van der Waals surface area (Å²) in [5.41, 5.74) is 2.65. The van der Waals surface area contributed by atoms with E-state index < -0.39 is 0 Å². The predicted molar refractivity (Wildman–Crippen MR) is 80.6 cm³/mol. The molecule has 3 rings (SSSR count). The van der Waals surface area contributed by atoms with Gasteiger partial charge in [-0.3, -0.25) is 4.79 Å². The molecule has 0 fully saturated rings. The van der Waals surface area contributed by atoms with Crippen molar-refractivity contribution in [2.24, 2.45) is 0 Å². The smallest absolute Gasteiger partial charge is 0.253 e. The van der Waals surface area contributed by atoms with Crippen molar-refractivity contribution in [3.05, 3.63) is 71.9 Å². The van der Waals surface area contributed by atoms with Crippen LogP contribution in [0.5, 0.6) is 0 Å². The fourth-order valence-corrected chi connectivity index (χ4v) is 2.37.